The van der Waals surface area contributed by atoms with Crippen molar-refractivity contribution >= 4 is 16.8 Å². The standard InChI is InChI=1S/C18H20N4O/c19-16(10-14-12-22-17-6-2-1-5-15(14)17)18(23)21-9-7-13-4-3-8-20-11-13/h1-6,8,11-12,16,22H,7,9-10,19H2,(H,21,23)/t16-/m0/s1. The van der Waals surface area contributed by atoms with Gasteiger partial charge in [-0.3, -0.25) is 9.78 Å². The fourth-order valence-electron chi connectivity index (χ4n) is 2.64. The Morgan fingerprint density at radius 1 is 1.26 bits per heavy atom. The third kappa shape index (κ3) is 3.76. The van der Waals surface area contributed by atoms with Gasteiger partial charge in [-0.25, -0.2) is 0 Å². The summed E-state index contributed by atoms with van der Waals surface area (Å²) in [5, 5.41) is 4.01. The van der Waals surface area contributed by atoms with Gasteiger partial charge >= 0.3 is 0 Å². The summed E-state index contributed by atoms with van der Waals surface area (Å²) >= 11 is 0. The molecule has 2 aromatic heterocycles. The van der Waals surface area contributed by atoms with Crippen molar-refractivity contribution in [3.05, 3.63) is 66.1 Å². The third-order valence-electron chi connectivity index (χ3n) is 3.89. The van der Waals surface area contributed by atoms with Crippen LogP contribution in [0.3, 0.4) is 0 Å². The lowest BCUT2D eigenvalue weighted by atomic mass is 10.1. The molecule has 0 aliphatic heterocycles. The van der Waals surface area contributed by atoms with Gasteiger partial charge in [-0.05, 0) is 36.1 Å². The lowest BCUT2D eigenvalue weighted by Gasteiger charge is -2.12. The molecule has 0 fully saturated rings. The van der Waals surface area contributed by atoms with Crippen LogP contribution in [-0.2, 0) is 17.6 Å². The normalized spacial score (nSPS) is 12.2. The Morgan fingerprint density at radius 2 is 2.13 bits per heavy atom. The van der Waals surface area contributed by atoms with Crippen molar-refractivity contribution < 1.29 is 4.79 Å². The zero-order valence-corrected chi connectivity index (χ0v) is 12.8. The first-order valence-corrected chi connectivity index (χ1v) is 7.71. The van der Waals surface area contributed by atoms with E-state index in [1.807, 2.05) is 42.6 Å². The summed E-state index contributed by atoms with van der Waals surface area (Å²) in [6.45, 7) is 0.562. The molecule has 5 nitrogen and oxygen atoms in total. The summed E-state index contributed by atoms with van der Waals surface area (Å²) in [4.78, 5) is 19.4. The number of carbonyl (C=O) groups is 1. The van der Waals surface area contributed by atoms with E-state index >= 15 is 0 Å². The molecule has 0 aliphatic carbocycles. The first-order chi connectivity index (χ1) is 11.2. The van der Waals surface area contributed by atoms with E-state index in [0.717, 1.165) is 28.5 Å². The number of H-pyrrole nitrogens is 1. The fraction of sp³-hybridized carbons (Fsp3) is 0.222. The van der Waals surface area contributed by atoms with Crippen molar-refractivity contribution in [3.8, 4) is 0 Å². The van der Waals surface area contributed by atoms with Crippen LogP contribution >= 0.6 is 0 Å². The average Bonchev–Trinajstić information content (AvgIpc) is 2.99. The Bertz CT molecular complexity index is 782. The molecule has 0 saturated carbocycles. The third-order valence-corrected chi connectivity index (χ3v) is 3.89. The Morgan fingerprint density at radius 3 is 2.96 bits per heavy atom. The molecule has 0 spiro atoms. The monoisotopic (exact) mass is 308 g/mol. The first-order valence-electron chi connectivity index (χ1n) is 7.71. The van der Waals surface area contributed by atoms with Crippen molar-refractivity contribution in [2.45, 2.75) is 18.9 Å². The molecule has 118 valence electrons. The number of fused-ring (bicyclic) bond motifs is 1. The van der Waals surface area contributed by atoms with Crippen molar-refractivity contribution in [3.63, 3.8) is 0 Å². The van der Waals surface area contributed by atoms with E-state index in [9.17, 15) is 4.79 Å². The van der Waals surface area contributed by atoms with E-state index in [1.165, 1.54) is 0 Å². The number of nitrogens with two attached hydrogens (primary N) is 1. The van der Waals surface area contributed by atoms with E-state index in [-0.39, 0.29) is 5.91 Å². The summed E-state index contributed by atoms with van der Waals surface area (Å²) in [6, 6.07) is 11.3. The molecule has 3 aromatic rings. The topological polar surface area (TPSA) is 83.8 Å². The maximum absolute atomic E-state index is 12.1. The number of hydrogen-bond acceptors (Lipinski definition) is 3. The maximum atomic E-state index is 12.1. The van der Waals surface area contributed by atoms with Crippen LogP contribution in [0, 0.1) is 0 Å². The summed E-state index contributed by atoms with van der Waals surface area (Å²) in [7, 11) is 0. The van der Waals surface area contributed by atoms with Gasteiger partial charge < -0.3 is 16.0 Å². The van der Waals surface area contributed by atoms with E-state index in [1.54, 1.807) is 12.4 Å². The highest BCUT2D eigenvalue weighted by Gasteiger charge is 2.15. The van der Waals surface area contributed by atoms with Crippen molar-refractivity contribution in [1.82, 2.24) is 15.3 Å². The molecule has 1 amide bonds. The SMILES string of the molecule is N[C@@H](Cc1c[nH]c2ccccc12)C(=O)NCCc1cccnc1. The fourth-order valence-corrected chi connectivity index (χ4v) is 2.64. The number of rotatable bonds is 6. The van der Waals surface area contributed by atoms with E-state index in [0.29, 0.717) is 13.0 Å². The van der Waals surface area contributed by atoms with E-state index in [2.05, 4.69) is 15.3 Å². The molecule has 0 aliphatic rings. The molecule has 3 rings (SSSR count). The molecule has 23 heavy (non-hydrogen) atoms. The second-order valence-corrected chi connectivity index (χ2v) is 5.57. The van der Waals surface area contributed by atoms with Crippen LogP contribution in [-0.4, -0.2) is 28.5 Å². The highest BCUT2D eigenvalue weighted by molar-refractivity contribution is 5.86. The number of pyridine rings is 1. The molecule has 1 atom stereocenters. The number of benzene rings is 1. The Kier molecular flexibility index (Phi) is 4.68. The van der Waals surface area contributed by atoms with Gasteiger partial charge in [0, 0.05) is 36.0 Å². The Labute approximate surface area is 134 Å². The van der Waals surface area contributed by atoms with Gasteiger partial charge in [0.25, 0.3) is 0 Å². The predicted molar refractivity (Wildman–Crippen MR) is 90.9 cm³/mol. The number of aromatic amines is 1. The summed E-state index contributed by atoms with van der Waals surface area (Å²) in [5.74, 6) is -0.126. The molecule has 0 saturated heterocycles. The molecular formula is C18H20N4O. The van der Waals surface area contributed by atoms with Crippen molar-refractivity contribution in [1.29, 1.82) is 0 Å². The molecular weight excluding hydrogens is 288 g/mol. The highest BCUT2D eigenvalue weighted by atomic mass is 16.2. The Balaban J connectivity index is 1.53. The van der Waals surface area contributed by atoms with Gasteiger partial charge in [0.2, 0.25) is 5.91 Å². The minimum atomic E-state index is -0.553. The largest absolute Gasteiger partial charge is 0.361 e. The average molecular weight is 308 g/mol. The molecule has 0 radical (unpaired) electrons. The van der Waals surface area contributed by atoms with Gasteiger partial charge in [0.1, 0.15) is 0 Å². The van der Waals surface area contributed by atoms with Crippen molar-refractivity contribution in [2.24, 2.45) is 5.73 Å². The Hall–Kier alpha value is -2.66. The smallest absolute Gasteiger partial charge is 0.237 e. The van der Waals surface area contributed by atoms with Gasteiger partial charge in [-0.1, -0.05) is 24.3 Å². The van der Waals surface area contributed by atoms with Crippen molar-refractivity contribution in [2.75, 3.05) is 6.54 Å². The number of para-hydroxylation sites is 1. The first kappa shape index (κ1) is 15.2. The number of nitrogens with one attached hydrogen (secondary N) is 2. The van der Waals surface area contributed by atoms with Crippen LogP contribution in [0.5, 0.6) is 0 Å². The summed E-state index contributed by atoms with van der Waals surface area (Å²) < 4.78 is 0. The molecule has 5 heteroatoms. The lowest BCUT2D eigenvalue weighted by molar-refractivity contribution is -0.122. The zero-order chi connectivity index (χ0) is 16.1. The minimum absolute atomic E-state index is 0.126. The van der Waals surface area contributed by atoms with Gasteiger partial charge in [0.15, 0.2) is 0 Å². The number of aromatic nitrogens is 2. The van der Waals surface area contributed by atoms with Crippen LogP contribution < -0.4 is 11.1 Å². The van der Waals surface area contributed by atoms with Gasteiger partial charge in [-0.2, -0.15) is 0 Å². The summed E-state index contributed by atoms with van der Waals surface area (Å²) in [6.07, 6.45) is 6.73. The number of carbonyl (C=O) groups excluding carboxylic acids is 1. The zero-order valence-electron chi connectivity index (χ0n) is 12.8. The van der Waals surface area contributed by atoms with Crippen LogP contribution in [0.1, 0.15) is 11.1 Å². The predicted octanol–water partition coefficient (Wildman–Crippen LogP) is 1.79. The number of hydrogen-bond donors (Lipinski definition) is 3. The van der Waals surface area contributed by atoms with Crippen LogP contribution in [0.15, 0.2) is 55.0 Å². The van der Waals surface area contributed by atoms with E-state index in [4.69, 9.17) is 5.73 Å². The second-order valence-electron chi connectivity index (χ2n) is 5.57. The molecule has 0 bridgehead atoms. The summed E-state index contributed by atoms with van der Waals surface area (Å²) in [5.41, 5.74) is 9.26. The van der Waals surface area contributed by atoms with Crippen LogP contribution in [0.25, 0.3) is 10.9 Å². The number of nitrogens with zero attached hydrogens (tertiary/aromatic N) is 1. The van der Waals surface area contributed by atoms with E-state index < -0.39 is 6.04 Å². The molecule has 1 aromatic carbocycles. The molecule has 4 N–H and O–H groups in total. The highest BCUT2D eigenvalue weighted by Crippen LogP contribution is 2.18. The van der Waals surface area contributed by atoms with Crippen LogP contribution in [0.4, 0.5) is 0 Å². The molecule has 0 unspecified atom stereocenters. The second kappa shape index (κ2) is 7.07. The van der Waals surface area contributed by atoms with Gasteiger partial charge in [0.05, 0.1) is 6.04 Å². The van der Waals surface area contributed by atoms with Gasteiger partial charge in [-0.15, -0.1) is 0 Å². The van der Waals surface area contributed by atoms with Crippen LogP contribution in [0.2, 0.25) is 0 Å². The number of amides is 1. The lowest BCUT2D eigenvalue weighted by Crippen LogP contribution is -2.42. The molecule has 2 heterocycles. The maximum Gasteiger partial charge on any atom is 0.237 e. The quantitative estimate of drug-likeness (QED) is 0.649. The minimum Gasteiger partial charge on any atom is -0.361 e.